The largest absolute Gasteiger partial charge is 0.341 e. The first-order valence-corrected chi connectivity index (χ1v) is 9.71. The topological polar surface area (TPSA) is 69.3 Å². The molecule has 1 atom stereocenters. The molecule has 0 fully saturated rings. The summed E-state index contributed by atoms with van der Waals surface area (Å²) in [6.07, 6.45) is 2.19. The fraction of sp³-hybridized carbons (Fsp3) is 0.476. The van der Waals surface area contributed by atoms with E-state index in [1.165, 1.54) is 11.1 Å². The van der Waals surface area contributed by atoms with Gasteiger partial charge in [0.1, 0.15) is 5.82 Å². The normalized spacial score (nSPS) is 18.4. The van der Waals surface area contributed by atoms with Gasteiger partial charge in [0, 0.05) is 38.2 Å². The van der Waals surface area contributed by atoms with Crippen LogP contribution in [0.2, 0.25) is 0 Å². The van der Waals surface area contributed by atoms with Crippen molar-refractivity contribution >= 4 is 5.91 Å². The fourth-order valence-electron chi connectivity index (χ4n) is 4.22. The molecule has 0 aliphatic carbocycles. The van der Waals surface area contributed by atoms with E-state index in [0.29, 0.717) is 31.8 Å². The highest BCUT2D eigenvalue weighted by molar-refractivity contribution is 5.81. The van der Waals surface area contributed by atoms with Crippen LogP contribution >= 0.6 is 0 Å². The fourth-order valence-corrected chi connectivity index (χ4v) is 4.22. The number of rotatable bonds is 2. The van der Waals surface area contributed by atoms with Gasteiger partial charge in [-0.05, 0) is 37.8 Å². The van der Waals surface area contributed by atoms with E-state index in [2.05, 4.69) is 39.1 Å². The van der Waals surface area contributed by atoms with Crippen LogP contribution in [0, 0.1) is 6.92 Å². The van der Waals surface area contributed by atoms with E-state index in [-0.39, 0.29) is 17.5 Å². The van der Waals surface area contributed by atoms with Crippen LogP contribution in [0.5, 0.6) is 0 Å². The van der Waals surface area contributed by atoms with Gasteiger partial charge in [-0.25, -0.2) is 4.98 Å². The van der Waals surface area contributed by atoms with Gasteiger partial charge in [0.05, 0.1) is 11.7 Å². The van der Waals surface area contributed by atoms with Crippen LogP contribution in [0.15, 0.2) is 29.1 Å². The number of aryl methyl sites for hydroxylation is 1. The van der Waals surface area contributed by atoms with Gasteiger partial charge in [0.15, 0.2) is 0 Å². The van der Waals surface area contributed by atoms with Gasteiger partial charge in [-0.2, -0.15) is 0 Å². The van der Waals surface area contributed by atoms with E-state index in [1.54, 1.807) is 6.92 Å². The molecular weight excluding hydrogens is 340 g/mol. The van der Waals surface area contributed by atoms with E-state index in [1.807, 2.05) is 11.8 Å². The van der Waals surface area contributed by atoms with Crippen LogP contribution in [0.1, 0.15) is 35.1 Å². The Bertz CT molecular complexity index is 921. The minimum Gasteiger partial charge on any atom is -0.341 e. The molecule has 4 rings (SSSR count). The number of hydrogen-bond donors (Lipinski definition) is 1. The molecular formula is C21H26N4O2. The van der Waals surface area contributed by atoms with Crippen molar-refractivity contribution in [2.24, 2.45) is 0 Å². The Balaban J connectivity index is 1.46. The van der Waals surface area contributed by atoms with Crippen LogP contribution in [-0.4, -0.2) is 51.4 Å². The molecule has 1 amide bonds. The van der Waals surface area contributed by atoms with Gasteiger partial charge in [-0.3, -0.25) is 14.5 Å². The quantitative estimate of drug-likeness (QED) is 0.874. The second kappa shape index (κ2) is 7.27. The lowest BCUT2D eigenvalue weighted by Gasteiger charge is -2.35. The summed E-state index contributed by atoms with van der Waals surface area (Å²) in [7, 11) is 0. The predicted molar refractivity (Wildman–Crippen MR) is 104 cm³/mol. The van der Waals surface area contributed by atoms with Crippen molar-refractivity contribution in [3.63, 3.8) is 0 Å². The Hall–Kier alpha value is -2.47. The molecule has 1 aromatic heterocycles. The summed E-state index contributed by atoms with van der Waals surface area (Å²) in [5, 5.41) is 0. The molecule has 0 radical (unpaired) electrons. The number of aromatic nitrogens is 2. The minimum absolute atomic E-state index is 0.0625. The third kappa shape index (κ3) is 3.54. The lowest BCUT2D eigenvalue weighted by molar-refractivity contribution is -0.136. The van der Waals surface area contributed by atoms with Crippen LogP contribution in [0.25, 0.3) is 0 Å². The van der Waals surface area contributed by atoms with Crippen LogP contribution in [0.3, 0.4) is 0 Å². The van der Waals surface area contributed by atoms with Gasteiger partial charge in [0.25, 0.3) is 5.56 Å². The van der Waals surface area contributed by atoms with Gasteiger partial charge in [-0.1, -0.05) is 24.3 Å². The SMILES string of the molecule is Cc1nc2c(c(=O)[nH]1)CCN(C(=O)C(C)N1CCc3ccccc3C1)CC2. The maximum Gasteiger partial charge on any atom is 0.254 e. The Kier molecular flexibility index (Phi) is 4.83. The highest BCUT2D eigenvalue weighted by Gasteiger charge is 2.30. The van der Waals surface area contributed by atoms with Crippen molar-refractivity contribution in [1.29, 1.82) is 0 Å². The average molecular weight is 366 g/mol. The van der Waals surface area contributed by atoms with Crippen molar-refractivity contribution in [3.8, 4) is 0 Å². The van der Waals surface area contributed by atoms with Gasteiger partial charge in [0.2, 0.25) is 5.91 Å². The highest BCUT2D eigenvalue weighted by Crippen LogP contribution is 2.21. The molecule has 0 saturated heterocycles. The number of benzene rings is 1. The molecule has 3 heterocycles. The first kappa shape index (κ1) is 17.9. The number of fused-ring (bicyclic) bond motifs is 2. The maximum absolute atomic E-state index is 13.1. The highest BCUT2D eigenvalue weighted by atomic mass is 16.2. The molecule has 0 spiro atoms. The van der Waals surface area contributed by atoms with Crippen molar-refractivity contribution in [1.82, 2.24) is 19.8 Å². The third-order valence-corrected chi connectivity index (χ3v) is 5.85. The van der Waals surface area contributed by atoms with Crippen LogP contribution < -0.4 is 5.56 Å². The Morgan fingerprint density at radius 1 is 1.11 bits per heavy atom. The summed E-state index contributed by atoms with van der Waals surface area (Å²) in [6, 6.07) is 8.31. The van der Waals surface area contributed by atoms with Crippen LogP contribution in [-0.2, 0) is 30.6 Å². The standard InChI is InChI=1S/C21H26N4O2/c1-14(25-10-7-16-5-3-4-6-17(16)13-25)21(27)24-11-8-18-19(9-12-24)22-15(2)23-20(18)26/h3-6,14H,7-13H2,1-2H3,(H,22,23,26). The number of amides is 1. The molecule has 27 heavy (non-hydrogen) atoms. The Morgan fingerprint density at radius 3 is 2.67 bits per heavy atom. The molecule has 6 heteroatoms. The molecule has 0 saturated carbocycles. The van der Waals surface area contributed by atoms with Crippen molar-refractivity contribution < 1.29 is 4.79 Å². The molecule has 0 bridgehead atoms. The summed E-state index contributed by atoms with van der Waals surface area (Å²) in [5.74, 6) is 0.786. The van der Waals surface area contributed by atoms with E-state index >= 15 is 0 Å². The molecule has 2 aliphatic heterocycles. The van der Waals surface area contributed by atoms with Gasteiger partial charge >= 0.3 is 0 Å². The number of H-pyrrole nitrogens is 1. The summed E-state index contributed by atoms with van der Waals surface area (Å²) >= 11 is 0. The Morgan fingerprint density at radius 2 is 1.85 bits per heavy atom. The zero-order valence-corrected chi connectivity index (χ0v) is 16.0. The minimum atomic E-state index is -0.160. The molecule has 1 aromatic carbocycles. The number of nitrogens with zero attached hydrogens (tertiary/aromatic N) is 3. The predicted octanol–water partition coefficient (Wildman–Crippen LogP) is 1.45. The number of carbonyl (C=O) groups is 1. The monoisotopic (exact) mass is 366 g/mol. The average Bonchev–Trinajstić information content (AvgIpc) is 2.89. The molecule has 142 valence electrons. The first-order valence-electron chi connectivity index (χ1n) is 9.71. The third-order valence-electron chi connectivity index (χ3n) is 5.85. The van der Waals surface area contributed by atoms with Crippen molar-refractivity contribution in [2.75, 3.05) is 19.6 Å². The number of hydrogen-bond acceptors (Lipinski definition) is 4. The molecule has 2 aliphatic rings. The van der Waals surface area contributed by atoms with E-state index in [0.717, 1.165) is 30.8 Å². The molecule has 1 N–H and O–H groups in total. The van der Waals surface area contributed by atoms with Crippen molar-refractivity contribution in [2.45, 2.75) is 45.7 Å². The van der Waals surface area contributed by atoms with Gasteiger partial charge < -0.3 is 9.88 Å². The molecule has 6 nitrogen and oxygen atoms in total. The summed E-state index contributed by atoms with van der Waals surface area (Å²) in [5.41, 5.74) is 4.21. The zero-order valence-electron chi connectivity index (χ0n) is 16.0. The van der Waals surface area contributed by atoms with E-state index < -0.39 is 0 Å². The second-order valence-electron chi connectivity index (χ2n) is 7.57. The Labute approximate surface area is 159 Å². The first-order chi connectivity index (χ1) is 13.0. The number of carbonyl (C=O) groups excluding carboxylic acids is 1. The number of nitrogens with one attached hydrogen (secondary N) is 1. The second-order valence-corrected chi connectivity index (χ2v) is 7.57. The zero-order chi connectivity index (χ0) is 19.0. The molecule has 2 aromatic rings. The summed E-state index contributed by atoms with van der Waals surface area (Å²) < 4.78 is 0. The maximum atomic E-state index is 13.1. The molecule has 1 unspecified atom stereocenters. The smallest absolute Gasteiger partial charge is 0.254 e. The number of aromatic amines is 1. The lowest BCUT2D eigenvalue weighted by atomic mass is 9.98. The van der Waals surface area contributed by atoms with Gasteiger partial charge in [-0.15, -0.1) is 0 Å². The lowest BCUT2D eigenvalue weighted by Crippen LogP contribution is -2.49. The van der Waals surface area contributed by atoms with E-state index in [9.17, 15) is 9.59 Å². The van der Waals surface area contributed by atoms with Crippen molar-refractivity contribution in [3.05, 3.63) is 62.8 Å². The summed E-state index contributed by atoms with van der Waals surface area (Å²) in [6.45, 7) is 6.72. The van der Waals surface area contributed by atoms with E-state index in [4.69, 9.17) is 0 Å². The summed E-state index contributed by atoms with van der Waals surface area (Å²) in [4.78, 5) is 36.8. The van der Waals surface area contributed by atoms with Crippen LogP contribution in [0.4, 0.5) is 0 Å².